The minimum Gasteiger partial charge on any atom is -0.337 e. The Morgan fingerprint density at radius 2 is 2.10 bits per heavy atom. The molecule has 0 aliphatic rings. The van der Waals surface area contributed by atoms with Crippen LogP contribution < -0.4 is 0 Å². The van der Waals surface area contributed by atoms with Gasteiger partial charge in [-0.2, -0.15) is 0 Å². The van der Waals surface area contributed by atoms with Crippen LogP contribution in [-0.2, 0) is 12.8 Å². The highest BCUT2D eigenvalue weighted by atomic mass is 32.2. The first-order valence-electron chi connectivity index (χ1n) is 6.56. The molecule has 2 heterocycles. The van der Waals surface area contributed by atoms with Crippen molar-refractivity contribution in [2.24, 2.45) is 7.05 Å². The van der Waals surface area contributed by atoms with Crippen molar-refractivity contribution in [3.63, 3.8) is 0 Å². The first-order valence-corrected chi connectivity index (χ1v) is 7.54. The lowest BCUT2D eigenvalue weighted by molar-refractivity contribution is 0.847. The number of hydrogen-bond donors (Lipinski definition) is 1. The van der Waals surface area contributed by atoms with Crippen LogP contribution in [0.4, 0.5) is 0 Å². The standard InChI is InChI=1S/C15H15N5S/c1-20-10-9-16-14(20)11-21-15-17-13(18-19-15)8-7-12-5-3-2-4-6-12/h2-10H,11H2,1H3,(H,17,18,19). The summed E-state index contributed by atoms with van der Waals surface area (Å²) in [5, 5.41) is 7.85. The molecule has 0 atom stereocenters. The molecule has 2 aromatic heterocycles. The molecule has 0 radical (unpaired) electrons. The van der Waals surface area contributed by atoms with Gasteiger partial charge in [0, 0.05) is 19.4 Å². The number of H-pyrrole nitrogens is 1. The lowest BCUT2D eigenvalue weighted by atomic mass is 10.2. The fraction of sp³-hybridized carbons (Fsp3) is 0.133. The van der Waals surface area contributed by atoms with Gasteiger partial charge in [0.05, 0.1) is 5.75 Å². The van der Waals surface area contributed by atoms with Crippen LogP contribution >= 0.6 is 11.8 Å². The molecule has 3 aromatic rings. The molecule has 5 nitrogen and oxygen atoms in total. The largest absolute Gasteiger partial charge is 0.337 e. The second kappa shape index (κ2) is 6.41. The first kappa shape index (κ1) is 13.6. The third-order valence-electron chi connectivity index (χ3n) is 2.97. The van der Waals surface area contributed by atoms with Crippen LogP contribution in [0.15, 0.2) is 47.9 Å². The third-order valence-corrected chi connectivity index (χ3v) is 3.81. The fourth-order valence-electron chi connectivity index (χ4n) is 1.80. The third kappa shape index (κ3) is 3.61. The van der Waals surface area contributed by atoms with Crippen LogP contribution in [0.25, 0.3) is 12.2 Å². The topological polar surface area (TPSA) is 59.4 Å². The molecule has 0 spiro atoms. The van der Waals surface area contributed by atoms with Gasteiger partial charge in [0.15, 0.2) is 0 Å². The van der Waals surface area contributed by atoms with Gasteiger partial charge in [0.2, 0.25) is 5.16 Å². The van der Waals surface area contributed by atoms with E-state index < -0.39 is 0 Å². The monoisotopic (exact) mass is 297 g/mol. The summed E-state index contributed by atoms with van der Waals surface area (Å²) in [6.45, 7) is 0. The number of rotatable bonds is 5. The Bertz CT molecular complexity index is 729. The van der Waals surface area contributed by atoms with Gasteiger partial charge in [-0.05, 0) is 11.6 Å². The van der Waals surface area contributed by atoms with E-state index in [1.54, 1.807) is 18.0 Å². The zero-order valence-corrected chi connectivity index (χ0v) is 12.4. The summed E-state index contributed by atoms with van der Waals surface area (Å²) in [5.41, 5.74) is 1.14. The van der Waals surface area contributed by atoms with Gasteiger partial charge in [-0.3, -0.25) is 5.10 Å². The number of nitrogens with zero attached hydrogens (tertiary/aromatic N) is 4. The summed E-state index contributed by atoms with van der Waals surface area (Å²) in [7, 11) is 1.98. The van der Waals surface area contributed by atoms with E-state index >= 15 is 0 Å². The van der Waals surface area contributed by atoms with E-state index in [1.165, 1.54) is 0 Å². The maximum Gasteiger partial charge on any atom is 0.209 e. The normalized spacial score (nSPS) is 11.3. The summed E-state index contributed by atoms with van der Waals surface area (Å²) in [6, 6.07) is 10.1. The molecular weight excluding hydrogens is 282 g/mol. The highest BCUT2D eigenvalue weighted by Crippen LogP contribution is 2.18. The Balaban J connectivity index is 1.61. The van der Waals surface area contributed by atoms with Gasteiger partial charge in [0.25, 0.3) is 0 Å². The number of benzene rings is 1. The van der Waals surface area contributed by atoms with Gasteiger partial charge >= 0.3 is 0 Å². The van der Waals surface area contributed by atoms with Crippen LogP contribution in [-0.4, -0.2) is 24.7 Å². The number of aromatic amines is 1. The minimum atomic E-state index is 0.728. The van der Waals surface area contributed by atoms with Crippen molar-refractivity contribution >= 4 is 23.9 Å². The molecule has 3 rings (SSSR count). The molecule has 1 aromatic carbocycles. The summed E-state index contributed by atoms with van der Waals surface area (Å²) >= 11 is 1.56. The van der Waals surface area contributed by atoms with Crippen LogP contribution in [0, 0.1) is 0 Å². The van der Waals surface area contributed by atoms with Gasteiger partial charge in [0.1, 0.15) is 11.6 Å². The van der Waals surface area contributed by atoms with Crippen LogP contribution in [0.5, 0.6) is 0 Å². The van der Waals surface area contributed by atoms with Gasteiger partial charge in [-0.25, -0.2) is 9.97 Å². The van der Waals surface area contributed by atoms with E-state index in [-0.39, 0.29) is 0 Å². The second-order valence-corrected chi connectivity index (χ2v) is 5.43. The molecule has 0 saturated heterocycles. The zero-order chi connectivity index (χ0) is 14.5. The molecule has 106 valence electrons. The van der Waals surface area contributed by atoms with E-state index in [0.717, 1.165) is 28.1 Å². The number of aromatic nitrogens is 5. The first-order chi connectivity index (χ1) is 10.3. The van der Waals surface area contributed by atoms with E-state index in [2.05, 4.69) is 20.2 Å². The summed E-state index contributed by atoms with van der Waals surface area (Å²) in [4.78, 5) is 8.70. The van der Waals surface area contributed by atoms with Crippen molar-refractivity contribution < 1.29 is 0 Å². The molecule has 0 bridgehead atoms. The smallest absolute Gasteiger partial charge is 0.209 e. The maximum absolute atomic E-state index is 4.43. The highest BCUT2D eigenvalue weighted by molar-refractivity contribution is 7.98. The quantitative estimate of drug-likeness (QED) is 0.735. The van der Waals surface area contributed by atoms with E-state index in [0.29, 0.717) is 0 Å². The molecule has 1 N–H and O–H groups in total. The highest BCUT2D eigenvalue weighted by Gasteiger charge is 2.05. The lowest BCUT2D eigenvalue weighted by Crippen LogP contribution is -1.94. The van der Waals surface area contributed by atoms with Crippen molar-refractivity contribution in [1.82, 2.24) is 24.7 Å². The van der Waals surface area contributed by atoms with Crippen molar-refractivity contribution in [2.75, 3.05) is 0 Å². The number of aryl methyl sites for hydroxylation is 1. The summed E-state index contributed by atoms with van der Waals surface area (Å²) in [6.07, 6.45) is 7.66. The molecule has 0 unspecified atom stereocenters. The Kier molecular flexibility index (Phi) is 4.16. The number of imidazole rings is 1. The average Bonchev–Trinajstić information content (AvgIpc) is 3.13. The van der Waals surface area contributed by atoms with E-state index in [1.807, 2.05) is 60.3 Å². The van der Waals surface area contributed by atoms with Gasteiger partial charge in [-0.1, -0.05) is 48.2 Å². The maximum atomic E-state index is 4.43. The molecular formula is C15H15N5S. The number of nitrogens with one attached hydrogen (secondary N) is 1. The van der Waals surface area contributed by atoms with Crippen LogP contribution in [0.1, 0.15) is 17.2 Å². The average molecular weight is 297 g/mol. The second-order valence-electron chi connectivity index (χ2n) is 4.49. The molecule has 0 aliphatic heterocycles. The minimum absolute atomic E-state index is 0.728. The Morgan fingerprint density at radius 3 is 2.86 bits per heavy atom. The van der Waals surface area contributed by atoms with Crippen molar-refractivity contribution in [1.29, 1.82) is 0 Å². The van der Waals surface area contributed by atoms with E-state index in [4.69, 9.17) is 0 Å². The van der Waals surface area contributed by atoms with Crippen LogP contribution in [0.2, 0.25) is 0 Å². The SMILES string of the molecule is Cn1ccnc1CSc1n[nH]c(C=Cc2ccccc2)n1. The van der Waals surface area contributed by atoms with Gasteiger partial charge in [-0.15, -0.1) is 5.10 Å². The van der Waals surface area contributed by atoms with E-state index in [9.17, 15) is 0 Å². The summed E-state index contributed by atoms with van der Waals surface area (Å²) < 4.78 is 2.00. The van der Waals surface area contributed by atoms with Crippen molar-refractivity contribution in [3.05, 3.63) is 59.9 Å². The molecule has 0 saturated carbocycles. The fourth-order valence-corrected chi connectivity index (χ4v) is 2.61. The lowest BCUT2D eigenvalue weighted by Gasteiger charge is -1.97. The van der Waals surface area contributed by atoms with Crippen molar-refractivity contribution in [2.45, 2.75) is 10.9 Å². The molecule has 0 amide bonds. The molecule has 0 fully saturated rings. The molecule has 0 aliphatic carbocycles. The van der Waals surface area contributed by atoms with Crippen LogP contribution in [0.3, 0.4) is 0 Å². The molecule has 6 heteroatoms. The Labute approximate surface area is 127 Å². The molecule has 21 heavy (non-hydrogen) atoms. The number of hydrogen-bond acceptors (Lipinski definition) is 4. The summed E-state index contributed by atoms with van der Waals surface area (Å²) in [5.74, 6) is 2.51. The zero-order valence-electron chi connectivity index (χ0n) is 11.6. The van der Waals surface area contributed by atoms with Gasteiger partial charge < -0.3 is 4.57 Å². The predicted molar refractivity (Wildman–Crippen MR) is 84.5 cm³/mol. The predicted octanol–water partition coefficient (Wildman–Crippen LogP) is 3.00. The Morgan fingerprint density at radius 1 is 1.24 bits per heavy atom. The van der Waals surface area contributed by atoms with Crippen molar-refractivity contribution in [3.8, 4) is 0 Å². The number of thioether (sulfide) groups is 1. The Hall–Kier alpha value is -2.34.